The van der Waals surface area contributed by atoms with Crippen molar-refractivity contribution in [1.82, 2.24) is 9.71 Å². The maximum atomic E-state index is 12.4. The summed E-state index contributed by atoms with van der Waals surface area (Å²) >= 11 is 0. The molecule has 0 unspecified atom stereocenters. The summed E-state index contributed by atoms with van der Waals surface area (Å²) in [5.74, 6) is 2.70. The zero-order valence-corrected chi connectivity index (χ0v) is 25.3. The SMILES string of the molecule is CC[C@H]1[C@@H](O)[C@@H]2[C@H](CC[C@]3(C)[C@@H]([C@H](C)CCOC(=O)NS(=O)(=O)c4ccncc4)CC[C@@H]23)[C@@]2(C)CC[C@@H](O)C[C@@H]12. The van der Waals surface area contributed by atoms with Crippen molar-refractivity contribution in [1.29, 1.82) is 0 Å². The monoisotopic (exact) mass is 576 g/mol. The van der Waals surface area contributed by atoms with Gasteiger partial charge in [-0.15, -0.1) is 0 Å². The molecule has 4 aliphatic carbocycles. The largest absolute Gasteiger partial charge is 0.449 e. The predicted octanol–water partition coefficient (Wildman–Crippen LogP) is 5.15. The van der Waals surface area contributed by atoms with Gasteiger partial charge in [-0.3, -0.25) is 4.98 Å². The molecule has 1 heterocycles. The molecule has 0 aliphatic heterocycles. The molecular formula is C31H48N2O6S. The second-order valence-corrected chi connectivity index (χ2v) is 15.5. The number of aromatic nitrogens is 1. The number of hydrogen-bond acceptors (Lipinski definition) is 7. The molecule has 4 saturated carbocycles. The zero-order chi connectivity index (χ0) is 28.9. The van der Waals surface area contributed by atoms with E-state index in [1.807, 2.05) is 4.72 Å². The molecule has 0 bridgehead atoms. The summed E-state index contributed by atoms with van der Waals surface area (Å²) in [4.78, 5) is 16.0. The maximum Gasteiger partial charge on any atom is 0.421 e. The fraction of sp³-hybridized carbons (Fsp3) is 0.806. The van der Waals surface area contributed by atoms with Crippen LogP contribution in [0.1, 0.15) is 85.5 Å². The summed E-state index contributed by atoms with van der Waals surface area (Å²) in [6.07, 6.45) is 10.1. The fourth-order valence-electron chi connectivity index (χ4n) is 10.2. The lowest BCUT2D eigenvalue weighted by Gasteiger charge is -2.64. The van der Waals surface area contributed by atoms with E-state index >= 15 is 0 Å². The third kappa shape index (κ3) is 5.08. The van der Waals surface area contributed by atoms with Crippen LogP contribution in [0.3, 0.4) is 0 Å². The molecule has 11 atom stereocenters. The number of nitrogens with one attached hydrogen (secondary N) is 1. The Morgan fingerprint density at radius 2 is 1.75 bits per heavy atom. The van der Waals surface area contributed by atoms with Crippen molar-refractivity contribution in [2.24, 2.45) is 52.3 Å². The van der Waals surface area contributed by atoms with Gasteiger partial charge in [0.15, 0.2) is 0 Å². The summed E-state index contributed by atoms with van der Waals surface area (Å²) in [5.41, 5.74) is 0.316. The highest BCUT2D eigenvalue weighted by atomic mass is 32.2. The van der Waals surface area contributed by atoms with Gasteiger partial charge in [0.2, 0.25) is 0 Å². The van der Waals surface area contributed by atoms with Gasteiger partial charge in [0.1, 0.15) is 0 Å². The lowest BCUT2D eigenvalue weighted by molar-refractivity contribution is -0.203. The Bertz CT molecular complexity index is 1160. The number of carbonyl (C=O) groups excluding carboxylic acids is 1. The van der Waals surface area contributed by atoms with Gasteiger partial charge in [-0.25, -0.2) is 17.9 Å². The third-order valence-electron chi connectivity index (χ3n) is 12.1. The van der Waals surface area contributed by atoms with E-state index in [0.29, 0.717) is 41.9 Å². The highest BCUT2D eigenvalue weighted by Crippen LogP contribution is 2.69. The van der Waals surface area contributed by atoms with Crippen molar-refractivity contribution in [3.63, 3.8) is 0 Å². The molecule has 1 amide bonds. The van der Waals surface area contributed by atoms with E-state index in [0.717, 1.165) is 51.4 Å². The highest BCUT2D eigenvalue weighted by Gasteiger charge is 2.64. The van der Waals surface area contributed by atoms with Gasteiger partial charge in [-0.1, -0.05) is 34.1 Å². The number of nitrogens with zero attached hydrogens (tertiary/aromatic N) is 1. The van der Waals surface area contributed by atoms with Crippen LogP contribution in [0.25, 0.3) is 0 Å². The number of amides is 1. The summed E-state index contributed by atoms with van der Waals surface area (Å²) in [5, 5.41) is 22.4. The van der Waals surface area contributed by atoms with Crippen LogP contribution < -0.4 is 4.72 Å². The van der Waals surface area contributed by atoms with Crippen LogP contribution in [0.15, 0.2) is 29.4 Å². The van der Waals surface area contributed by atoms with Crippen LogP contribution in [0, 0.1) is 52.3 Å². The van der Waals surface area contributed by atoms with E-state index in [1.54, 1.807) is 0 Å². The Morgan fingerprint density at radius 1 is 1.07 bits per heavy atom. The highest BCUT2D eigenvalue weighted by molar-refractivity contribution is 7.90. The van der Waals surface area contributed by atoms with Crippen molar-refractivity contribution in [3.05, 3.63) is 24.5 Å². The molecule has 9 heteroatoms. The molecule has 3 N–H and O–H groups in total. The number of fused-ring (bicyclic) bond motifs is 5. The van der Waals surface area contributed by atoms with E-state index < -0.39 is 16.1 Å². The van der Waals surface area contributed by atoms with Crippen LogP contribution in [0.4, 0.5) is 4.79 Å². The summed E-state index contributed by atoms with van der Waals surface area (Å²) in [6.45, 7) is 9.49. The van der Waals surface area contributed by atoms with Crippen LogP contribution in [0.5, 0.6) is 0 Å². The Labute approximate surface area is 239 Å². The van der Waals surface area contributed by atoms with Crippen molar-refractivity contribution < 1.29 is 28.2 Å². The number of carbonyl (C=O) groups is 1. The first kappa shape index (κ1) is 29.8. The predicted molar refractivity (Wildman–Crippen MR) is 151 cm³/mol. The molecule has 0 radical (unpaired) electrons. The van der Waals surface area contributed by atoms with Crippen molar-refractivity contribution in [2.75, 3.05) is 6.61 Å². The van der Waals surface area contributed by atoms with E-state index in [-0.39, 0.29) is 40.5 Å². The number of hydrogen-bond donors (Lipinski definition) is 3. The van der Waals surface area contributed by atoms with Crippen molar-refractivity contribution in [2.45, 2.75) is 103 Å². The van der Waals surface area contributed by atoms with Gasteiger partial charge < -0.3 is 14.9 Å². The van der Waals surface area contributed by atoms with Crippen LogP contribution >= 0.6 is 0 Å². The average Bonchev–Trinajstić information content (AvgIpc) is 3.27. The molecule has 224 valence electrons. The van der Waals surface area contributed by atoms with Crippen LogP contribution in [-0.2, 0) is 14.8 Å². The molecule has 0 aromatic carbocycles. The molecule has 5 rings (SSSR count). The molecule has 4 fully saturated rings. The fourth-order valence-corrected chi connectivity index (χ4v) is 11.1. The summed E-state index contributed by atoms with van der Waals surface area (Å²) in [7, 11) is -3.99. The maximum absolute atomic E-state index is 12.4. The molecule has 40 heavy (non-hydrogen) atoms. The van der Waals surface area contributed by atoms with Crippen LogP contribution in [-0.4, -0.2) is 48.5 Å². The number of aliphatic hydroxyl groups is 2. The average molecular weight is 577 g/mol. The van der Waals surface area contributed by atoms with E-state index in [9.17, 15) is 23.4 Å². The first-order chi connectivity index (χ1) is 18.9. The van der Waals surface area contributed by atoms with Crippen LogP contribution in [0.2, 0.25) is 0 Å². The Balaban J connectivity index is 1.22. The first-order valence-electron chi connectivity index (χ1n) is 15.4. The van der Waals surface area contributed by atoms with E-state index in [2.05, 4.69) is 32.7 Å². The van der Waals surface area contributed by atoms with E-state index in [4.69, 9.17) is 4.74 Å². The Morgan fingerprint density at radius 3 is 2.45 bits per heavy atom. The number of pyridine rings is 1. The molecule has 0 spiro atoms. The Kier molecular flexibility index (Phi) is 8.32. The Hall–Kier alpha value is -1.71. The quantitative estimate of drug-likeness (QED) is 0.410. The lowest BCUT2D eigenvalue weighted by Crippen LogP contribution is -2.62. The van der Waals surface area contributed by atoms with Crippen molar-refractivity contribution in [3.8, 4) is 0 Å². The van der Waals surface area contributed by atoms with Gasteiger partial charge >= 0.3 is 6.09 Å². The molecule has 1 aromatic rings. The summed E-state index contributed by atoms with van der Waals surface area (Å²) < 4.78 is 32.1. The lowest BCUT2D eigenvalue weighted by atomic mass is 9.41. The number of aliphatic hydroxyl groups excluding tert-OH is 2. The zero-order valence-electron chi connectivity index (χ0n) is 24.5. The number of sulfonamides is 1. The minimum absolute atomic E-state index is 0.0341. The standard InChI is InChI=1S/C31H48N2O6S/c1-5-22-26-18-20(34)8-13-31(26,4)25-9-14-30(3)23(6-7-24(30)27(25)28(22)35)19(2)12-17-39-29(36)33-40(37,38)21-10-15-32-16-11-21/h10-11,15-16,19-20,22-28,34-35H,5-9,12-14,17-18H2,1-4H3,(H,33,36)/t19-,20-,22-,23-,24+,25+,26+,27+,28-,30-,31-/m1/s1. The molecule has 8 nitrogen and oxygen atoms in total. The first-order valence-corrected chi connectivity index (χ1v) is 16.9. The number of ether oxygens (including phenoxy) is 1. The molecule has 0 saturated heterocycles. The number of rotatable bonds is 7. The topological polar surface area (TPSA) is 126 Å². The molecule has 1 aromatic heterocycles. The van der Waals surface area contributed by atoms with Gasteiger partial charge in [0.25, 0.3) is 10.0 Å². The smallest absolute Gasteiger partial charge is 0.421 e. The van der Waals surface area contributed by atoms with E-state index in [1.165, 1.54) is 24.5 Å². The molecule has 4 aliphatic rings. The normalized spacial score (nSPS) is 41.8. The van der Waals surface area contributed by atoms with Gasteiger partial charge in [0.05, 0.1) is 23.7 Å². The summed E-state index contributed by atoms with van der Waals surface area (Å²) in [6, 6.07) is 2.65. The van der Waals surface area contributed by atoms with Gasteiger partial charge in [-0.2, -0.15) is 0 Å². The minimum Gasteiger partial charge on any atom is -0.449 e. The third-order valence-corrected chi connectivity index (χ3v) is 13.5. The van der Waals surface area contributed by atoms with Gasteiger partial charge in [0, 0.05) is 12.4 Å². The van der Waals surface area contributed by atoms with Crippen molar-refractivity contribution >= 4 is 16.1 Å². The minimum atomic E-state index is -3.99. The van der Waals surface area contributed by atoms with Gasteiger partial charge in [-0.05, 0) is 116 Å². The molecular weight excluding hydrogens is 528 g/mol. The second-order valence-electron chi connectivity index (χ2n) is 13.8. The second kappa shape index (κ2) is 11.2.